The van der Waals surface area contributed by atoms with E-state index >= 15 is 0 Å². The van der Waals surface area contributed by atoms with Crippen molar-refractivity contribution in [3.8, 4) is 11.4 Å². The van der Waals surface area contributed by atoms with E-state index in [0.717, 1.165) is 11.5 Å². The van der Waals surface area contributed by atoms with Crippen LogP contribution in [0.1, 0.15) is 41.8 Å². The molecule has 1 heterocycles. The lowest BCUT2D eigenvalue weighted by Crippen LogP contribution is -2.07. The van der Waals surface area contributed by atoms with Crippen molar-refractivity contribution in [2.45, 2.75) is 26.7 Å². The molecule has 0 unspecified atom stereocenters. The van der Waals surface area contributed by atoms with Gasteiger partial charge in [0.05, 0.1) is 12.8 Å². The van der Waals surface area contributed by atoms with Crippen molar-refractivity contribution >= 4 is 5.97 Å². The van der Waals surface area contributed by atoms with Crippen molar-refractivity contribution in [2.24, 2.45) is 0 Å². The number of hydrogen-bond donors (Lipinski definition) is 1. The first-order valence-electron chi connectivity index (χ1n) is 6.29. The number of ether oxygens (including phenoxy) is 1. The highest BCUT2D eigenvalue weighted by atomic mass is 16.5. The summed E-state index contributed by atoms with van der Waals surface area (Å²) in [6.45, 7) is 5.89. The highest BCUT2D eigenvalue weighted by Crippen LogP contribution is 2.24. The summed E-state index contributed by atoms with van der Waals surface area (Å²) in [5, 5.41) is 13.4. The average Bonchev–Trinajstić information content (AvgIpc) is 2.80. The van der Waals surface area contributed by atoms with Gasteiger partial charge in [0.25, 0.3) is 0 Å². The second-order valence-corrected chi connectivity index (χ2v) is 4.77. The maximum atomic E-state index is 11.1. The van der Waals surface area contributed by atoms with Crippen LogP contribution in [0.15, 0.2) is 18.2 Å². The van der Waals surface area contributed by atoms with Crippen LogP contribution in [0.3, 0.4) is 0 Å². The molecule has 2 aromatic rings. The molecule has 0 saturated carbocycles. The summed E-state index contributed by atoms with van der Waals surface area (Å²) in [5.74, 6) is 0.995. The number of aryl methyl sites for hydroxylation is 1. The van der Waals surface area contributed by atoms with Gasteiger partial charge >= 0.3 is 5.97 Å². The maximum Gasteiger partial charge on any atom is 0.339 e. The van der Waals surface area contributed by atoms with E-state index in [1.165, 1.54) is 13.2 Å². The largest absolute Gasteiger partial charge is 0.496 e. The van der Waals surface area contributed by atoms with Crippen LogP contribution < -0.4 is 4.74 Å². The summed E-state index contributed by atoms with van der Waals surface area (Å²) in [7, 11) is 1.45. The molecule has 0 spiro atoms. The molecule has 6 heteroatoms. The molecule has 0 fully saturated rings. The molecule has 1 aromatic carbocycles. The van der Waals surface area contributed by atoms with Gasteiger partial charge in [-0.3, -0.25) is 0 Å². The van der Waals surface area contributed by atoms with Crippen molar-refractivity contribution < 1.29 is 14.6 Å². The van der Waals surface area contributed by atoms with Crippen molar-refractivity contribution in [1.29, 1.82) is 0 Å². The lowest BCUT2D eigenvalue weighted by molar-refractivity contribution is 0.0693. The predicted molar refractivity (Wildman–Crippen MR) is 73.7 cm³/mol. The number of nitrogens with zero attached hydrogens (tertiary/aromatic N) is 3. The van der Waals surface area contributed by atoms with E-state index in [4.69, 9.17) is 9.84 Å². The fourth-order valence-corrected chi connectivity index (χ4v) is 1.98. The zero-order valence-corrected chi connectivity index (χ0v) is 11.9. The minimum absolute atomic E-state index is 0.124. The Morgan fingerprint density at radius 3 is 2.65 bits per heavy atom. The number of rotatable bonds is 4. The van der Waals surface area contributed by atoms with Crippen LogP contribution in [-0.2, 0) is 0 Å². The number of aromatic nitrogens is 3. The second-order valence-electron chi connectivity index (χ2n) is 4.77. The molecule has 0 aliphatic rings. The molecular weight excluding hydrogens is 258 g/mol. The van der Waals surface area contributed by atoms with Gasteiger partial charge in [-0.1, -0.05) is 13.8 Å². The zero-order valence-electron chi connectivity index (χ0n) is 11.9. The number of aromatic carboxylic acids is 1. The van der Waals surface area contributed by atoms with Gasteiger partial charge in [-0.25, -0.2) is 14.5 Å². The molecule has 0 aliphatic carbocycles. The number of carboxylic acid groups (broad SMARTS) is 1. The number of carbonyl (C=O) groups is 1. The number of carboxylic acids is 1. The molecule has 2 rings (SSSR count). The SMILES string of the molecule is COc1cc(-n2nc(C)nc2C(C)C)ccc1C(=O)O. The van der Waals surface area contributed by atoms with E-state index in [1.807, 2.05) is 20.8 Å². The third-order valence-electron chi connectivity index (χ3n) is 2.91. The number of methoxy groups -OCH3 is 1. The molecule has 0 bridgehead atoms. The van der Waals surface area contributed by atoms with E-state index in [1.54, 1.807) is 16.8 Å². The Bertz CT molecular complexity index is 647. The Morgan fingerprint density at radius 1 is 1.40 bits per heavy atom. The Labute approximate surface area is 117 Å². The summed E-state index contributed by atoms with van der Waals surface area (Å²) in [6.07, 6.45) is 0. The van der Waals surface area contributed by atoms with Gasteiger partial charge in [-0.15, -0.1) is 0 Å². The zero-order chi connectivity index (χ0) is 14.9. The Morgan fingerprint density at radius 2 is 2.10 bits per heavy atom. The normalized spacial score (nSPS) is 10.8. The van der Waals surface area contributed by atoms with Gasteiger partial charge in [0.2, 0.25) is 0 Å². The summed E-state index contributed by atoms with van der Waals surface area (Å²) >= 11 is 0. The molecule has 106 valence electrons. The van der Waals surface area contributed by atoms with Crippen LogP contribution in [0.2, 0.25) is 0 Å². The summed E-state index contributed by atoms with van der Waals surface area (Å²) < 4.78 is 6.85. The topological polar surface area (TPSA) is 77.2 Å². The minimum Gasteiger partial charge on any atom is -0.496 e. The highest BCUT2D eigenvalue weighted by molar-refractivity contribution is 5.91. The van der Waals surface area contributed by atoms with E-state index in [0.29, 0.717) is 11.6 Å². The van der Waals surface area contributed by atoms with Crippen molar-refractivity contribution in [3.63, 3.8) is 0 Å². The molecule has 0 radical (unpaired) electrons. The first-order chi connectivity index (χ1) is 9.43. The third-order valence-corrected chi connectivity index (χ3v) is 2.91. The predicted octanol–water partition coefficient (Wildman–Crippen LogP) is 2.41. The van der Waals surface area contributed by atoms with Crippen molar-refractivity contribution in [2.75, 3.05) is 7.11 Å². The second kappa shape index (κ2) is 5.32. The van der Waals surface area contributed by atoms with Crippen molar-refractivity contribution in [1.82, 2.24) is 14.8 Å². The smallest absolute Gasteiger partial charge is 0.339 e. The molecule has 1 N–H and O–H groups in total. The van der Waals surface area contributed by atoms with E-state index in [-0.39, 0.29) is 11.5 Å². The third kappa shape index (κ3) is 2.49. The molecule has 0 aliphatic heterocycles. The fraction of sp³-hybridized carbons (Fsp3) is 0.357. The van der Waals surface area contributed by atoms with Gasteiger partial charge in [0, 0.05) is 12.0 Å². The maximum absolute atomic E-state index is 11.1. The van der Waals surface area contributed by atoms with Crippen LogP contribution in [0, 0.1) is 6.92 Å². The van der Waals surface area contributed by atoms with Crippen LogP contribution >= 0.6 is 0 Å². The van der Waals surface area contributed by atoms with Crippen LogP contribution in [0.4, 0.5) is 0 Å². The van der Waals surface area contributed by atoms with Crippen LogP contribution in [0.5, 0.6) is 5.75 Å². The van der Waals surface area contributed by atoms with Crippen LogP contribution in [-0.4, -0.2) is 33.0 Å². The molecule has 6 nitrogen and oxygen atoms in total. The van der Waals surface area contributed by atoms with E-state index < -0.39 is 5.97 Å². The minimum atomic E-state index is -1.02. The molecule has 20 heavy (non-hydrogen) atoms. The molecular formula is C14H17N3O3. The number of hydrogen-bond acceptors (Lipinski definition) is 4. The van der Waals surface area contributed by atoms with Crippen molar-refractivity contribution in [3.05, 3.63) is 35.4 Å². The van der Waals surface area contributed by atoms with Gasteiger partial charge in [0.1, 0.15) is 23.0 Å². The first-order valence-corrected chi connectivity index (χ1v) is 6.29. The van der Waals surface area contributed by atoms with Crippen LogP contribution in [0.25, 0.3) is 5.69 Å². The lowest BCUT2D eigenvalue weighted by Gasteiger charge is -2.11. The summed E-state index contributed by atoms with van der Waals surface area (Å²) in [5.41, 5.74) is 0.857. The standard InChI is InChI=1S/C14H17N3O3/c1-8(2)13-15-9(3)16-17(13)10-5-6-11(14(18)19)12(7-10)20-4/h5-8H,1-4H3,(H,18,19). The average molecular weight is 275 g/mol. The van der Waals surface area contributed by atoms with E-state index in [9.17, 15) is 4.79 Å². The fourth-order valence-electron chi connectivity index (χ4n) is 1.98. The Kier molecular flexibility index (Phi) is 3.74. The summed E-state index contributed by atoms with van der Waals surface area (Å²) in [6, 6.07) is 4.87. The molecule has 0 atom stereocenters. The quantitative estimate of drug-likeness (QED) is 0.927. The van der Waals surface area contributed by atoms with Gasteiger partial charge in [-0.2, -0.15) is 5.10 Å². The first kappa shape index (κ1) is 14.0. The van der Waals surface area contributed by atoms with E-state index in [2.05, 4.69) is 10.1 Å². The Hall–Kier alpha value is -2.37. The number of benzene rings is 1. The monoisotopic (exact) mass is 275 g/mol. The summed E-state index contributed by atoms with van der Waals surface area (Å²) in [4.78, 5) is 15.5. The molecule has 0 amide bonds. The van der Waals surface area contributed by atoms with Gasteiger partial charge in [-0.05, 0) is 19.1 Å². The van der Waals surface area contributed by atoms with Gasteiger partial charge in [0.15, 0.2) is 0 Å². The Balaban J connectivity index is 2.56. The highest BCUT2D eigenvalue weighted by Gasteiger charge is 2.16. The van der Waals surface area contributed by atoms with Gasteiger partial charge < -0.3 is 9.84 Å². The lowest BCUT2D eigenvalue weighted by atomic mass is 10.1. The molecule has 1 aromatic heterocycles. The molecule has 0 saturated heterocycles.